The third kappa shape index (κ3) is 5.59. The van der Waals surface area contributed by atoms with E-state index in [1.165, 1.54) is 0 Å². The summed E-state index contributed by atoms with van der Waals surface area (Å²) in [6.07, 6.45) is 3.53. The van der Waals surface area contributed by atoms with E-state index in [9.17, 15) is 0 Å². The zero-order valence-electron chi connectivity index (χ0n) is 15.4. The number of H-pyrrole nitrogens is 1. The maximum atomic E-state index is 8.55. The molecule has 0 saturated carbocycles. The minimum absolute atomic E-state index is 0. The van der Waals surface area contributed by atoms with Gasteiger partial charge in [0.1, 0.15) is 5.82 Å². The summed E-state index contributed by atoms with van der Waals surface area (Å²) < 4.78 is 1.15. The number of azide groups is 1. The fourth-order valence-electron chi connectivity index (χ4n) is 2.82. The molecule has 6 nitrogen and oxygen atoms in total. The Kier molecular flexibility index (Phi) is 9.12. The van der Waals surface area contributed by atoms with Crippen LogP contribution in [0, 0.1) is 3.57 Å². The van der Waals surface area contributed by atoms with Gasteiger partial charge in [-0.3, -0.25) is 4.98 Å². The Morgan fingerprint density at radius 3 is 2.31 bits per heavy atom. The van der Waals surface area contributed by atoms with E-state index in [4.69, 9.17) is 10.5 Å². The van der Waals surface area contributed by atoms with Gasteiger partial charge in [-0.1, -0.05) is 41.5 Å². The number of hydrogen-bond acceptors (Lipinski definition) is 3. The van der Waals surface area contributed by atoms with Gasteiger partial charge < -0.3 is 29.0 Å². The summed E-state index contributed by atoms with van der Waals surface area (Å²) in [7, 11) is 0. The van der Waals surface area contributed by atoms with Crippen molar-refractivity contribution in [2.45, 2.75) is 0 Å². The Morgan fingerprint density at radius 1 is 0.931 bits per heavy atom. The summed E-state index contributed by atoms with van der Waals surface area (Å²) in [4.78, 5) is 15.2. The van der Waals surface area contributed by atoms with Gasteiger partial charge in [0.05, 0.1) is 11.4 Å². The number of aromatic nitrogens is 3. The number of nitrogens with zero attached hydrogens (tertiary/aromatic N) is 5. The number of rotatable bonds is 4. The molecule has 1 N–H and O–H groups in total. The van der Waals surface area contributed by atoms with Gasteiger partial charge >= 0.3 is 29.6 Å². The molecule has 0 bridgehead atoms. The average molecular weight is 610 g/mol. The second kappa shape index (κ2) is 11.1. The van der Waals surface area contributed by atoms with Gasteiger partial charge in [-0.15, -0.1) is 0 Å². The normalized spacial score (nSPS) is 9.69. The molecule has 0 aliphatic rings. The minimum atomic E-state index is 0. The van der Waals surface area contributed by atoms with Crippen molar-refractivity contribution in [1.82, 2.24) is 15.0 Å². The Hall–Kier alpha value is -1.43. The number of pyridine rings is 1. The third-order valence-corrected chi connectivity index (χ3v) is 4.74. The number of halogens is 2. The van der Waals surface area contributed by atoms with Crippen molar-refractivity contribution in [3.8, 4) is 33.9 Å². The van der Waals surface area contributed by atoms with E-state index in [0.717, 1.165) is 37.5 Å². The number of imidazole rings is 1. The monoisotopic (exact) mass is 610 g/mol. The van der Waals surface area contributed by atoms with E-state index in [-0.39, 0.29) is 53.5 Å². The molecule has 4 aromatic rings. The van der Waals surface area contributed by atoms with Gasteiger partial charge in [0, 0.05) is 43.3 Å². The van der Waals surface area contributed by atoms with Crippen molar-refractivity contribution in [3.05, 3.63) is 87.1 Å². The van der Waals surface area contributed by atoms with Crippen LogP contribution in [0.2, 0.25) is 0 Å². The topological polar surface area (TPSA) is 90.3 Å². The summed E-state index contributed by atoms with van der Waals surface area (Å²) in [5, 5.41) is 3.61. The van der Waals surface area contributed by atoms with Crippen LogP contribution in [0.15, 0.2) is 78.2 Å². The maximum absolute atomic E-state index is 8.55. The molecule has 2 aromatic heterocycles. The Balaban J connectivity index is 0.00000150. The third-order valence-electron chi connectivity index (χ3n) is 4.07. The van der Waals surface area contributed by atoms with Gasteiger partial charge in [0.15, 0.2) is 0 Å². The quantitative estimate of drug-likeness (QED) is 0.119. The van der Waals surface area contributed by atoms with E-state index in [0.29, 0.717) is 5.69 Å². The van der Waals surface area contributed by atoms with Crippen LogP contribution in [0.4, 0.5) is 5.69 Å². The van der Waals surface area contributed by atoms with Crippen molar-refractivity contribution < 1.29 is 53.5 Å². The van der Waals surface area contributed by atoms with Crippen molar-refractivity contribution >= 4 is 28.3 Å². The van der Waals surface area contributed by atoms with Gasteiger partial charge in [-0.2, -0.15) is 0 Å². The standard InChI is InChI=1S/C20H13IN6.HI.Na/c21-16-3-1-2-15(12-16)19-18(13-8-10-23-11-9-13)24-20(25-19)14-4-6-17(7-5-14)26-27-22;;/h1-12H,(H,24,25);1H;/q;;+1/p-1/i21-2;1-2;. The molecule has 0 aliphatic heterocycles. The molecule has 29 heavy (non-hydrogen) atoms. The molecule has 4 rings (SSSR count). The van der Waals surface area contributed by atoms with Gasteiger partial charge in [0.25, 0.3) is 0 Å². The van der Waals surface area contributed by atoms with Gasteiger partial charge in [-0.25, -0.2) is 4.98 Å². The summed E-state index contributed by atoms with van der Waals surface area (Å²) in [5.41, 5.74) is 13.9. The van der Waals surface area contributed by atoms with E-state index >= 15 is 0 Å². The average Bonchev–Trinajstić information content (AvgIpc) is 3.15. The summed E-state index contributed by atoms with van der Waals surface area (Å²) in [6.45, 7) is 0. The number of nitrogens with one attached hydrogen (secondary N) is 1. The van der Waals surface area contributed by atoms with Crippen LogP contribution in [-0.2, 0) is 0 Å². The molecule has 0 spiro atoms. The maximum Gasteiger partial charge on any atom is 1.00 e. The largest absolute Gasteiger partial charge is 1.00 e. The Morgan fingerprint density at radius 2 is 1.66 bits per heavy atom. The molecular formula is C20H13I2N6Na. The minimum Gasteiger partial charge on any atom is -1.00 e. The van der Waals surface area contributed by atoms with Crippen LogP contribution >= 0.6 is 22.6 Å². The molecule has 2 aromatic carbocycles. The zero-order valence-corrected chi connectivity index (χ0v) is 21.7. The molecule has 0 unspecified atom stereocenters. The van der Waals surface area contributed by atoms with E-state index in [2.05, 4.69) is 60.8 Å². The summed E-state index contributed by atoms with van der Waals surface area (Å²) in [5.74, 6) is 0.753. The van der Waals surface area contributed by atoms with Gasteiger partial charge in [0.2, 0.25) is 0 Å². The first-order valence-corrected chi connectivity index (χ1v) is 9.24. The SMILES string of the molecule is [125I-].[N-]=[N+]=Nc1ccc(-c2nc(-c3cccc([125I])c3)c(-c3ccncc3)[nH]2)cc1.[Na+]. The number of benzene rings is 2. The second-order valence-electron chi connectivity index (χ2n) is 5.79. The number of hydrogen-bond donors (Lipinski definition) is 1. The molecule has 0 radical (unpaired) electrons. The van der Waals surface area contributed by atoms with Crippen molar-refractivity contribution in [2.75, 3.05) is 0 Å². The predicted octanol–water partition coefficient (Wildman–Crippen LogP) is 0.360. The first-order chi connectivity index (χ1) is 13.2. The summed E-state index contributed by atoms with van der Waals surface area (Å²) in [6, 6.07) is 19.5. The van der Waals surface area contributed by atoms with Crippen LogP contribution in [0.1, 0.15) is 0 Å². The molecule has 0 amide bonds. The fourth-order valence-corrected chi connectivity index (χ4v) is 3.36. The van der Waals surface area contributed by atoms with E-state index < -0.39 is 0 Å². The molecule has 0 fully saturated rings. The van der Waals surface area contributed by atoms with Crippen LogP contribution in [0.25, 0.3) is 44.3 Å². The van der Waals surface area contributed by atoms with Gasteiger partial charge in [-0.05, 0) is 52.4 Å². The molecule has 0 aliphatic carbocycles. The second-order valence-corrected chi connectivity index (χ2v) is 7.04. The molecule has 0 saturated heterocycles. The van der Waals surface area contributed by atoms with Crippen LogP contribution in [-0.4, -0.2) is 15.0 Å². The molecule has 0 atom stereocenters. The van der Waals surface area contributed by atoms with E-state index in [1.54, 1.807) is 24.5 Å². The fraction of sp³-hybridized carbons (Fsp3) is 0. The number of aromatic amines is 1. The van der Waals surface area contributed by atoms with Crippen molar-refractivity contribution in [1.29, 1.82) is 0 Å². The first-order valence-electron chi connectivity index (χ1n) is 8.16. The van der Waals surface area contributed by atoms with Crippen LogP contribution in [0.5, 0.6) is 0 Å². The smallest absolute Gasteiger partial charge is 1.00 e. The molecule has 9 heteroatoms. The molecule has 138 valence electrons. The molecular weight excluding hydrogens is 597 g/mol. The molecule has 2 heterocycles. The summed E-state index contributed by atoms with van der Waals surface area (Å²) >= 11 is 2.30. The predicted molar refractivity (Wildman–Crippen MR) is 114 cm³/mol. The van der Waals surface area contributed by atoms with E-state index in [1.807, 2.05) is 30.3 Å². The first kappa shape index (κ1) is 23.8. The Labute approximate surface area is 220 Å². The van der Waals surface area contributed by atoms with Crippen LogP contribution in [0.3, 0.4) is 0 Å². The zero-order chi connectivity index (χ0) is 18.6. The van der Waals surface area contributed by atoms with Crippen molar-refractivity contribution in [3.63, 3.8) is 0 Å². The van der Waals surface area contributed by atoms with Crippen molar-refractivity contribution in [2.24, 2.45) is 5.11 Å². The Bertz CT molecular complexity index is 1140. The van der Waals surface area contributed by atoms with Crippen LogP contribution < -0.4 is 53.5 Å².